The second-order valence-electron chi connectivity index (χ2n) is 3.32. The normalized spacial score (nSPS) is 13.5. The van der Waals surface area contributed by atoms with Crippen LogP contribution >= 0.6 is 0 Å². The van der Waals surface area contributed by atoms with Crippen LogP contribution in [-0.4, -0.2) is 49.4 Å². The Hall–Kier alpha value is -1.45. The Morgan fingerprint density at radius 1 is 1.71 bits per heavy atom. The number of nitrogens with zero attached hydrogens (tertiary/aromatic N) is 1. The molecule has 96 valence electrons. The molecule has 1 unspecified atom stereocenters. The lowest BCUT2D eigenvalue weighted by atomic mass is 10.4. The number of sulfonamides is 1. The van der Waals surface area contributed by atoms with Crippen molar-refractivity contribution in [1.82, 2.24) is 14.9 Å². The van der Waals surface area contributed by atoms with Crippen LogP contribution in [0, 0.1) is 0 Å². The number of ether oxygens (including phenoxy) is 1. The molecule has 9 heteroatoms. The average molecular weight is 263 g/mol. The van der Waals surface area contributed by atoms with Crippen molar-refractivity contribution < 1.29 is 23.1 Å². The fourth-order valence-corrected chi connectivity index (χ4v) is 2.21. The summed E-state index contributed by atoms with van der Waals surface area (Å²) in [5, 5.41) is 13.8. The first kappa shape index (κ1) is 13.6. The first-order chi connectivity index (χ1) is 7.88. The fraction of sp³-hybridized carbons (Fsp3) is 0.500. The number of carbonyl (C=O) groups is 1. The summed E-state index contributed by atoms with van der Waals surface area (Å²) in [5.74, 6) is -1.36. The van der Waals surface area contributed by atoms with E-state index in [0.29, 0.717) is 0 Å². The van der Waals surface area contributed by atoms with Gasteiger partial charge in [-0.2, -0.15) is 5.10 Å². The first-order valence-corrected chi connectivity index (χ1v) is 6.16. The molecule has 0 saturated heterocycles. The van der Waals surface area contributed by atoms with Crippen LogP contribution in [0.2, 0.25) is 0 Å². The van der Waals surface area contributed by atoms with Gasteiger partial charge in [0.05, 0.1) is 12.3 Å². The maximum Gasteiger partial charge on any atom is 0.340 e. The summed E-state index contributed by atoms with van der Waals surface area (Å²) in [5.41, 5.74) is -0.400. The highest BCUT2D eigenvalue weighted by molar-refractivity contribution is 7.89. The quantitative estimate of drug-likeness (QED) is 0.631. The van der Waals surface area contributed by atoms with Gasteiger partial charge in [0.25, 0.3) is 10.0 Å². The summed E-state index contributed by atoms with van der Waals surface area (Å²) >= 11 is 0. The molecule has 0 aromatic carbocycles. The van der Waals surface area contributed by atoms with Gasteiger partial charge in [0.15, 0.2) is 5.03 Å². The Morgan fingerprint density at radius 3 is 2.88 bits per heavy atom. The van der Waals surface area contributed by atoms with Crippen LogP contribution in [0.25, 0.3) is 0 Å². The largest absolute Gasteiger partial charge is 0.478 e. The topological polar surface area (TPSA) is 121 Å². The van der Waals surface area contributed by atoms with Gasteiger partial charge in [-0.3, -0.25) is 5.10 Å². The molecule has 0 aliphatic carbocycles. The van der Waals surface area contributed by atoms with Crippen molar-refractivity contribution in [2.45, 2.75) is 18.1 Å². The van der Waals surface area contributed by atoms with E-state index in [2.05, 4.69) is 14.9 Å². The molecule has 3 N–H and O–H groups in total. The summed E-state index contributed by atoms with van der Waals surface area (Å²) < 4.78 is 30.6. The van der Waals surface area contributed by atoms with Crippen LogP contribution in [0.3, 0.4) is 0 Å². The van der Waals surface area contributed by atoms with Gasteiger partial charge in [-0.1, -0.05) is 0 Å². The van der Waals surface area contributed by atoms with Gasteiger partial charge < -0.3 is 9.84 Å². The van der Waals surface area contributed by atoms with Crippen LogP contribution in [0.5, 0.6) is 0 Å². The number of carboxylic acids is 1. The smallest absolute Gasteiger partial charge is 0.340 e. The standard InChI is InChI=1S/C8H13N3O5S/c1-5(16-2)3-10-17(14,15)7-6(8(12)13)4-9-11-7/h4-5,10H,3H2,1-2H3,(H,9,11)(H,12,13). The van der Waals surface area contributed by atoms with E-state index in [4.69, 9.17) is 9.84 Å². The molecule has 1 heterocycles. The minimum absolute atomic E-state index is 0.0386. The van der Waals surface area contributed by atoms with Crippen LogP contribution in [0.4, 0.5) is 0 Å². The molecule has 1 aromatic heterocycles. The molecule has 0 saturated carbocycles. The van der Waals surface area contributed by atoms with Gasteiger partial charge >= 0.3 is 5.97 Å². The number of H-pyrrole nitrogens is 1. The summed E-state index contributed by atoms with van der Waals surface area (Å²) in [4.78, 5) is 10.7. The molecule has 0 spiro atoms. The van der Waals surface area contributed by atoms with Gasteiger partial charge in [0.1, 0.15) is 5.56 Å². The minimum Gasteiger partial charge on any atom is -0.478 e. The molecule has 1 rings (SSSR count). The van der Waals surface area contributed by atoms with Gasteiger partial charge in [0, 0.05) is 13.7 Å². The first-order valence-electron chi connectivity index (χ1n) is 4.67. The number of methoxy groups -OCH3 is 1. The molecule has 0 fully saturated rings. The van der Waals surface area contributed by atoms with Crippen LogP contribution < -0.4 is 4.72 Å². The second kappa shape index (κ2) is 5.25. The number of hydrogen-bond donors (Lipinski definition) is 3. The third kappa shape index (κ3) is 3.25. The van der Waals surface area contributed by atoms with E-state index < -0.39 is 26.6 Å². The molecule has 1 aromatic rings. The Bertz CT molecular complexity index is 495. The van der Waals surface area contributed by atoms with E-state index in [9.17, 15) is 13.2 Å². The van der Waals surface area contributed by atoms with Gasteiger partial charge in [-0.25, -0.2) is 17.9 Å². The number of aromatic nitrogens is 2. The average Bonchev–Trinajstić information content (AvgIpc) is 2.75. The second-order valence-corrected chi connectivity index (χ2v) is 5.02. The highest BCUT2D eigenvalue weighted by Gasteiger charge is 2.24. The van der Waals surface area contributed by atoms with E-state index in [1.165, 1.54) is 7.11 Å². The Labute approximate surface area is 98.0 Å². The van der Waals surface area contributed by atoms with Crippen molar-refractivity contribution in [2.75, 3.05) is 13.7 Å². The van der Waals surface area contributed by atoms with Crippen molar-refractivity contribution in [3.8, 4) is 0 Å². The maximum absolute atomic E-state index is 11.7. The van der Waals surface area contributed by atoms with E-state index in [1.807, 2.05) is 0 Å². The van der Waals surface area contributed by atoms with Crippen molar-refractivity contribution >= 4 is 16.0 Å². The van der Waals surface area contributed by atoms with Crippen molar-refractivity contribution in [2.24, 2.45) is 0 Å². The van der Waals surface area contributed by atoms with E-state index >= 15 is 0 Å². The molecule has 1 atom stereocenters. The number of rotatable bonds is 6. The highest BCUT2D eigenvalue weighted by atomic mass is 32.2. The van der Waals surface area contributed by atoms with Crippen molar-refractivity contribution in [3.05, 3.63) is 11.8 Å². The lowest BCUT2D eigenvalue weighted by molar-refractivity contribution is 0.0692. The maximum atomic E-state index is 11.7. The number of nitrogens with one attached hydrogen (secondary N) is 2. The fourth-order valence-electron chi connectivity index (χ4n) is 1.01. The van der Waals surface area contributed by atoms with Gasteiger partial charge in [0.2, 0.25) is 0 Å². The monoisotopic (exact) mass is 263 g/mol. The third-order valence-electron chi connectivity index (χ3n) is 2.07. The van der Waals surface area contributed by atoms with Crippen molar-refractivity contribution in [3.63, 3.8) is 0 Å². The summed E-state index contributed by atoms with van der Waals surface area (Å²) in [7, 11) is -2.48. The van der Waals surface area contributed by atoms with E-state index in [0.717, 1.165) is 6.20 Å². The number of aromatic amines is 1. The SMILES string of the molecule is COC(C)CNS(=O)(=O)c1[nH]ncc1C(=O)O. The zero-order valence-electron chi connectivity index (χ0n) is 9.30. The molecule has 17 heavy (non-hydrogen) atoms. The molecule has 0 radical (unpaired) electrons. The van der Waals surface area contributed by atoms with E-state index in [-0.39, 0.29) is 12.6 Å². The van der Waals surface area contributed by atoms with Gasteiger partial charge in [-0.05, 0) is 6.92 Å². The van der Waals surface area contributed by atoms with E-state index in [1.54, 1.807) is 6.92 Å². The van der Waals surface area contributed by atoms with Crippen LogP contribution in [-0.2, 0) is 14.8 Å². The zero-order chi connectivity index (χ0) is 13.1. The molecular weight excluding hydrogens is 250 g/mol. The number of aromatic carboxylic acids is 1. The highest BCUT2D eigenvalue weighted by Crippen LogP contribution is 2.11. The summed E-state index contributed by atoms with van der Waals surface area (Å²) in [6.45, 7) is 1.71. The molecular formula is C8H13N3O5S. The van der Waals surface area contributed by atoms with Crippen molar-refractivity contribution in [1.29, 1.82) is 0 Å². The van der Waals surface area contributed by atoms with Crippen LogP contribution in [0.15, 0.2) is 11.2 Å². The summed E-state index contributed by atoms with van der Waals surface area (Å²) in [6.07, 6.45) is 0.623. The zero-order valence-corrected chi connectivity index (χ0v) is 10.1. The Morgan fingerprint density at radius 2 is 2.35 bits per heavy atom. The molecule has 0 aliphatic rings. The third-order valence-corrected chi connectivity index (χ3v) is 3.46. The molecule has 0 aliphatic heterocycles. The number of hydrogen-bond acceptors (Lipinski definition) is 5. The number of carboxylic acid groups (broad SMARTS) is 1. The molecule has 0 bridgehead atoms. The molecule has 0 amide bonds. The Kier molecular flexibility index (Phi) is 4.21. The van der Waals surface area contributed by atoms with Gasteiger partial charge in [-0.15, -0.1) is 0 Å². The lowest BCUT2D eigenvalue weighted by Gasteiger charge is -2.10. The lowest BCUT2D eigenvalue weighted by Crippen LogP contribution is -2.32. The predicted molar refractivity (Wildman–Crippen MR) is 57.2 cm³/mol. The summed E-state index contributed by atoms with van der Waals surface area (Å²) in [6, 6.07) is 0. The predicted octanol–water partition coefficient (Wildman–Crippen LogP) is -0.579. The molecule has 8 nitrogen and oxygen atoms in total. The Balaban J connectivity index is 2.90. The minimum atomic E-state index is -3.93. The van der Waals surface area contributed by atoms with Crippen LogP contribution in [0.1, 0.15) is 17.3 Å².